The molecule has 1 aromatic heterocycles. The maximum Gasteiger partial charge on any atom is 0.257 e. The van der Waals surface area contributed by atoms with Crippen molar-refractivity contribution in [2.45, 2.75) is 33.2 Å². The summed E-state index contributed by atoms with van der Waals surface area (Å²) < 4.78 is 5.41. The Bertz CT molecular complexity index is 394. The molecule has 0 saturated carbocycles. The van der Waals surface area contributed by atoms with Crippen LogP contribution in [0.25, 0.3) is 0 Å². The molecule has 1 N–H and O–H groups in total. The third-order valence-electron chi connectivity index (χ3n) is 3.30. The molecule has 1 amide bonds. The number of aryl methyl sites for hydroxylation is 2. The summed E-state index contributed by atoms with van der Waals surface area (Å²) in [5.74, 6) is 0.0731. The van der Waals surface area contributed by atoms with E-state index in [1.165, 1.54) is 0 Å². The zero-order valence-corrected chi connectivity index (χ0v) is 10.6. The van der Waals surface area contributed by atoms with Gasteiger partial charge in [0.25, 0.3) is 5.91 Å². The highest BCUT2D eigenvalue weighted by Crippen LogP contribution is 2.18. The van der Waals surface area contributed by atoms with Crippen molar-refractivity contribution in [3.05, 3.63) is 17.0 Å². The molecule has 1 aliphatic heterocycles. The third-order valence-corrected chi connectivity index (χ3v) is 3.30. The second kappa shape index (κ2) is 4.87. The van der Waals surface area contributed by atoms with Crippen LogP contribution in [0.1, 0.15) is 35.1 Å². The number of amides is 1. The van der Waals surface area contributed by atoms with Crippen LogP contribution in [-0.2, 0) is 4.74 Å². The lowest BCUT2D eigenvalue weighted by molar-refractivity contribution is -0.00287. The van der Waals surface area contributed by atoms with Crippen LogP contribution in [0.5, 0.6) is 0 Å². The first-order valence-electron chi connectivity index (χ1n) is 6.05. The monoisotopic (exact) mass is 237 g/mol. The molecule has 2 rings (SSSR count). The Morgan fingerprint density at radius 3 is 2.94 bits per heavy atom. The van der Waals surface area contributed by atoms with Crippen molar-refractivity contribution in [1.82, 2.24) is 15.1 Å². The van der Waals surface area contributed by atoms with Crippen LogP contribution in [0.2, 0.25) is 0 Å². The maximum absolute atomic E-state index is 12.5. The number of nitrogens with zero attached hydrogens (tertiary/aromatic N) is 2. The minimum absolute atomic E-state index is 0.0731. The minimum atomic E-state index is 0.0731. The third kappa shape index (κ3) is 2.20. The number of hydrogen-bond donors (Lipinski definition) is 1. The van der Waals surface area contributed by atoms with Gasteiger partial charge >= 0.3 is 0 Å². The lowest BCUT2D eigenvalue weighted by atomic mass is 10.1. The second-order valence-corrected chi connectivity index (χ2v) is 4.44. The molecule has 0 bridgehead atoms. The van der Waals surface area contributed by atoms with Crippen LogP contribution in [-0.4, -0.2) is 46.8 Å². The van der Waals surface area contributed by atoms with Crippen LogP contribution in [0.4, 0.5) is 0 Å². The Hall–Kier alpha value is -1.36. The molecule has 0 radical (unpaired) electrons. The topological polar surface area (TPSA) is 58.2 Å². The molecule has 2 heterocycles. The summed E-state index contributed by atoms with van der Waals surface area (Å²) in [6, 6.07) is 0.185. The second-order valence-electron chi connectivity index (χ2n) is 4.44. The summed E-state index contributed by atoms with van der Waals surface area (Å²) in [7, 11) is 0. The molecule has 0 aromatic carbocycles. The number of aromatic nitrogens is 2. The molecule has 0 spiro atoms. The SMILES string of the molecule is CCC1COCCN1C(=O)c1c(C)n[nH]c1C. The molecule has 1 atom stereocenters. The molecule has 1 fully saturated rings. The van der Waals surface area contributed by atoms with E-state index in [2.05, 4.69) is 17.1 Å². The van der Waals surface area contributed by atoms with Gasteiger partial charge in [-0.05, 0) is 20.3 Å². The number of rotatable bonds is 2. The van der Waals surface area contributed by atoms with Gasteiger partial charge in [0.15, 0.2) is 0 Å². The lowest BCUT2D eigenvalue weighted by Gasteiger charge is -2.35. The summed E-state index contributed by atoms with van der Waals surface area (Å²) in [5.41, 5.74) is 2.33. The fourth-order valence-electron chi connectivity index (χ4n) is 2.27. The Labute approximate surface area is 101 Å². The summed E-state index contributed by atoms with van der Waals surface area (Å²) in [5, 5.41) is 6.94. The summed E-state index contributed by atoms with van der Waals surface area (Å²) in [6.07, 6.45) is 0.918. The van der Waals surface area contributed by atoms with Gasteiger partial charge in [-0.15, -0.1) is 0 Å². The van der Waals surface area contributed by atoms with E-state index in [0.717, 1.165) is 17.8 Å². The number of carbonyl (C=O) groups excluding carboxylic acids is 1. The van der Waals surface area contributed by atoms with Gasteiger partial charge in [-0.25, -0.2) is 0 Å². The predicted molar refractivity (Wildman–Crippen MR) is 64.0 cm³/mol. The molecule has 1 aromatic rings. The molecule has 0 aliphatic carbocycles. The van der Waals surface area contributed by atoms with Crippen molar-refractivity contribution in [3.63, 3.8) is 0 Å². The van der Waals surface area contributed by atoms with E-state index < -0.39 is 0 Å². The van der Waals surface area contributed by atoms with Crippen LogP contribution in [0.15, 0.2) is 0 Å². The maximum atomic E-state index is 12.5. The number of H-pyrrole nitrogens is 1. The van der Waals surface area contributed by atoms with E-state index in [1.807, 2.05) is 18.7 Å². The highest BCUT2D eigenvalue weighted by Gasteiger charge is 2.29. The van der Waals surface area contributed by atoms with Crippen molar-refractivity contribution in [1.29, 1.82) is 0 Å². The zero-order chi connectivity index (χ0) is 12.4. The smallest absolute Gasteiger partial charge is 0.257 e. The van der Waals surface area contributed by atoms with Gasteiger partial charge in [-0.1, -0.05) is 6.92 Å². The Morgan fingerprint density at radius 1 is 1.59 bits per heavy atom. The van der Waals surface area contributed by atoms with Crippen molar-refractivity contribution in [2.24, 2.45) is 0 Å². The average Bonchev–Trinajstić information content (AvgIpc) is 2.68. The number of ether oxygens (including phenoxy) is 1. The van der Waals surface area contributed by atoms with E-state index in [9.17, 15) is 4.79 Å². The summed E-state index contributed by atoms with van der Waals surface area (Å²) in [6.45, 7) is 7.75. The predicted octanol–water partition coefficient (Wildman–Crippen LogP) is 1.28. The fraction of sp³-hybridized carbons (Fsp3) is 0.667. The van der Waals surface area contributed by atoms with Crippen LogP contribution >= 0.6 is 0 Å². The quantitative estimate of drug-likeness (QED) is 0.843. The fourth-order valence-corrected chi connectivity index (χ4v) is 2.27. The first kappa shape index (κ1) is 12.1. The van der Waals surface area contributed by atoms with Crippen LogP contribution < -0.4 is 0 Å². The molecule has 5 heteroatoms. The summed E-state index contributed by atoms with van der Waals surface area (Å²) in [4.78, 5) is 14.4. The molecule has 1 aliphatic rings. The molecule has 94 valence electrons. The van der Waals surface area contributed by atoms with E-state index in [0.29, 0.717) is 25.3 Å². The first-order chi connectivity index (χ1) is 8.15. The van der Waals surface area contributed by atoms with Crippen LogP contribution in [0.3, 0.4) is 0 Å². The standard InChI is InChI=1S/C12H19N3O2/c1-4-10-7-17-6-5-15(10)12(16)11-8(2)13-14-9(11)3/h10H,4-7H2,1-3H3,(H,13,14). The molecule has 1 saturated heterocycles. The normalized spacial score (nSPS) is 20.6. The lowest BCUT2D eigenvalue weighted by Crippen LogP contribution is -2.48. The Kier molecular flexibility index (Phi) is 3.47. The Balaban J connectivity index is 2.24. The number of morpholine rings is 1. The number of nitrogens with one attached hydrogen (secondary N) is 1. The molecular formula is C12H19N3O2. The largest absolute Gasteiger partial charge is 0.377 e. The molecular weight excluding hydrogens is 218 g/mol. The van der Waals surface area contributed by atoms with Crippen molar-refractivity contribution < 1.29 is 9.53 Å². The van der Waals surface area contributed by atoms with Gasteiger partial charge < -0.3 is 9.64 Å². The van der Waals surface area contributed by atoms with Gasteiger partial charge in [-0.2, -0.15) is 5.10 Å². The van der Waals surface area contributed by atoms with Gasteiger partial charge in [0, 0.05) is 12.2 Å². The van der Waals surface area contributed by atoms with Crippen molar-refractivity contribution >= 4 is 5.91 Å². The van der Waals surface area contributed by atoms with E-state index in [-0.39, 0.29) is 11.9 Å². The van der Waals surface area contributed by atoms with Gasteiger partial charge in [0.05, 0.1) is 30.5 Å². The van der Waals surface area contributed by atoms with Crippen molar-refractivity contribution in [2.75, 3.05) is 19.8 Å². The first-order valence-corrected chi connectivity index (χ1v) is 6.05. The van der Waals surface area contributed by atoms with Gasteiger partial charge in [-0.3, -0.25) is 9.89 Å². The Morgan fingerprint density at radius 2 is 2.35 bits per heavy atom. The van der Waals surface area contributed by atoms with E-state index in [1.54, 1.807) is 0 Å². The molecule has 17 heavy (non-hydrogen) atoms. The summed E-state index contributed by atoms with van der Waals surface area (Å²) >= 11 is 0. The average molecular weight is 237 g/mol. The van der Waals surface area contributed by atoms with Crippen molar-refractivity contribution in [3.8, 4) is 0 Å². The number of hydrogen-bond acceptors (Lipinski definition) is 3. The highest BCUT2D eigenvalue weighted by molar-refractivity contribution is 5.96. The zero-order valence-electron chi connectivity index (χ0n) is 10.6. The van der Waals surface area contributed by atoms with E-state index in [4.69, 9.17) is 4.74 Å². The van der Waals surface area contributed by atoms with Gasteiger partial charge in [0.1, 0.15) is 0 Å². The minimum Gasteiger partial charge on any atom is -0.377 e. The van der Waals surface area contributed by atoms with E-state index >= 15 is 0 Å². The highest BCUT2D eigenvalue weighted by atomic mass is 16.5. The molecule has 1 unspecified atom stereocenters. The number of aromatic amines is 1. The molecule has 5 nitrogen and oxygen atoms in total. The van der Waals surface area contributed by atoms with Crippen LogP contribution in [0, 0.1) is 13.8 Å². The number of carbonyl (C=O) groups is 1. The van der Waals surface area contributed by atoms with Gasteiger partial charge in [0.2, 0.25) is 0 Å².